The van der Waals surface area contributed by atoms with Gasteiger partial charge in [0.2, 0.25) is 25.4 Å². The Balaban J connectivity index is 2.96. The first-order valence-electron chi connectivity index (χ1n) is 11.3. The van der Waals surface area contributed by atoms with Crippen molar-refractivity contribution in [1.29, 1.82) is 0 Å². The predicted molar refractivity (Wildman–Crippen MR) is 131 cm³/mol. The molecule has 1 rings (SSSR count). The van der Waals surface area contributed by atoms with Crippen LogP contribution in [0.25, 0.3) is 0 Å². The first kappa shape index (κ1) is 32.4. The number of anilines is 2. The van der Waals surface area contributed by atoms with Crippen LogP contribution in [-0.2, 0) is 37.4 Å². The summed E-state index contributed by atoms with van der Waals surface area (Å²) in [6.07, 6.45) is -2.43. The van der Waals surface area contributed by atoms with E-state index in [9.17, 15) is 18.9 Å². The smallest absolute Gasteiger partial charge is 0.481 e. The maximum absolute atomic E-state index is 13.3. The molecule has 0 unspecified atom stereocenters. The van der Waals surface area contributed by atoms with Gasteiger partial charge in [0.25, 0.3) is 0 Å². The standard InChI is InChI=1S/C21H33N4O12P/c1-13(2)36-20(28)32-11-34-38(30,35-12-33-21(29)37-14(3)4)8-7-15(5-6-18(26)27)10-31-17-9-16(22)24-19(23)25-17/h7,9,13-14H,5-6,8,10-12H2,1-4H3,(H,26,27)(H4,22,23,24,25)/b15-7-. The summed E-state index contributed by atoms with van der Waals surface area (Å²) in [6.45, 7) is 4.58. The SMILES string of the molecule is CC(C)OC(=O)OCOP(=O)(C/C=C(/CCC(=O)O)COc1cc(N)nc(N)n1)OCOC(=O)OC(C)C. The summed E-state index contributed by atoms with van der Waals surface area (Å²) in [4.78, 5) is 41.8. The van der Waals surface area contributed by atoms with E-state index in [0.29, 0.717) is 5.57 Å². The zero-order valence-corrected chi connectivity index (χ0v) is 22.4. The van der Waals surface area contributed by atoms with Crippen molar-refractivity contribution in [2.45, 2.75) is 52.7 Å². The van der Waals surface area contributed by atoms with Crippen LogP contribution in [0.4, 0.5) is 21.4 Å². The van der Waals surface area contributed by atoms with Crippen molar-refractivity contribution in [2.24, 2.45) is 0 Å². The quantitative estimate of drug-likeness (QED) is 0.113. The van der Waals surface area contributed by atoms with Gasteiger partial charge in [0.15, 0.2) is 0 Å². The van der Waals surface area contributed by atoms with Gasteiger partial charge < -0.3 is 40.3 Å². The van der Waals surface area contributed by atoms with Gasteiger partial charge in [-0.3, -0.25) is 18.4 Å². The lowest BCUT2D eigenvalue weighted by Crippen LogP contribution is -2.17. The van der Waals surface area contributed by atoms with E-state index < -0.39 is 57.8 Å². The van der Waals surface area contributed by atoms with E-state index in [4.69, 9.17) is 49.3 Å². The van der Waals surface area contributed by atoms with Crippen LogP contribution in [-0.4, -0.2) is 71.9 Å². The number of nitrogen functional groups attached to an aromatic ring is 2. The molecule has 38 heavy (non-hydrogen) atoms. The lowest BCUT2D eigenvalue weighted by molar-refractivity contribution is -0.137. The van der Waals surface area contributed by atoms with Crippen molar-refractivity contribution in [3.8, 4) is 5.88 Å². The average molecular weight is 564 g/mol. The fourth-order valence-corrected chi connectivity index (χ4v) is 3.54. The molecule has 17 heteroatoms. The Kier molecular flexibility index (Phi) is 13.9. The van der Waals surface area contributed by atoms with E-state index in [1.165, 1.54) is 12.1 Å². The highest BCUT2D eigenvalue weighted by molar-refractivity contribution is 7.54. The first-order chi connectivity index (χ1) is 17.8. The molecule has 0 saturated heterocycles. The lowest BCUT2D eigenvalue weighted by atomic mass is 10.1. The number of carbonyl (C=O) groups is 3. The normalized spacial score (nSPS) is 11.8. The largest absolute Gasteiger partial charge is 0.510 e. The fourth-order valence-electron chi connectivity index (χ4n) is 2.35. The molecule has 0 saturated carbocycles. The molecule has 0 atom stereocenters. The number of allylic oxidation sites excluding steroid dienone is 1. The Labute approximate surface area is 219 Å². The van der Waals surface area contributed by atoms with Crippen LogP contribution in [0.1, 0.15) is 40.5 Å². The minimum Gasteiger partial charge on any atom is -0.481 e. The molecule has 0 spiro atoms. The zero-order chi connectivity index (χ0) is 28.7. The minimum absolute atomic E-state index is 0.000189. The molecular formula is C21H33N4O12P. The van der Waals surface area contributed by atoms with Crippen molar-refractivity contribution in [3.05, 3.63) is 17.7 Å². The third-order valence-corrected chi connectivity index (χ3v) is 5.55. The predicted octanol–water partition coefficient (Wildman–Crippen LogP) is 3.08. The number of carbonyl (C=O) groups excluding carboxylic acids is 2. The Bertz CT molecular complexity index is 966. The van der Waals surface area contributed by atoms with Gasteiger partial charge in [-0.1, -0.05) is 6.08 Å². The van der Waals surface area contributed by atoms with E-state index in [1.54, 1.807) is 27.7 Å². The first-order valence-corrected chi connectivity index (χ1v) is 13.0. The number of carboxylic acid groups (broad SMARTS) is 1. The van der Waals surface area contributed by atoms with Crippen molar-refractivity contribution in [1.82, 2.24) is 9.97 Å². The Hall–Kier alpha value is -3.62. The molecular weight excluding hydrogens is 531 g/mol. The van der Waals surface area contributed by atoms with Crippen LogP contribution >= 0.6 is 7.60 Å². The number of aromatic nitrogens is 2. The van der Waals surface area contributed by atoms with Crippen LogP contribution in [0.5, 0.6) is 5.88 Å². The molecule has 1 aromatic heterocycles. The van der Waals surface area contributed by atoms with Gasteiger partial charge in [-0.2, -0.15) is 9.97 Å². The highest BCUT2D eigenvalue weighted by Gasteiger charge is 2.26. The fraction of sp³-hybridized carbons (Fsp3) is 0.571. The van der Waals surface area contributed by atoms with E-state index >= 15 is 0 Å². The molecule has 1 heterocycles. The summed E-state index contributed by atoms with van der Waals surface area (Å²) >= 11 is 0. The van der Waals surface area contributed by atoms with Crippen LogP contribution in [0.3, 0.4) is 0 Å². The van der Waals surface area contributed by atoms with E-state index in [1.807, 2.05) is 0 Å². The second kappa shape index (κ2) is 16.3. The minimum atomic E-state index is -4.12. The number of hydrogen-bond acceptors (Lipinski definition) is 15. The van der Waals surface area contributed by atoms with Gasteiger partial charge >= 0.3 is 25.9 Å². The van der Waals surface area contributed by atoms with Crippen LogP contribution in [0.15, 0.2) is 17.7 Å². The zero-order valence-electron chi connectivity index (χ0n) is 21.5. The highest BCUT2D eigenvalue weighted by atomic mass is 31.2. The monoisotopic (exact) mass is 564 g/mol. The maximum Gasteiger partial charge on any atom is 0.510 e. The summed E-state index contributed by atoms with van der Waals surface area (Å²) in [5, 5.41) is 9.06. The van der Waals surface area contributed by atoms with Crippen LogP contribution in [0, 0.1) is 0 Å². The Morgan fingerprint density at radius 2 is 1.53 bits per heavy atom. The maximum atomic E-state index is 13.3. The van der Waals surface area contributed by atoms with Gasteiger partial charge in [-0.25, -0.2) is 9.59 Å². The van der Waals surface area contributed by atoms with Gasteiger partial charge in [0.05, 0.1) is 18.4 Å². The number of hydrogen-bond donors (Lipinski definition) is 3. The Morgan fingerprint density at radius 1 is 0.974 bits per heavy atom. The van der Waals surface area contributed by atoms with E-state index in [0.717, 1.165) is 0 Å². The molecule has 0 aromatic carbocycles. The molecule has 1 aromatic rings. The Morgan fingerprint density at radius 3 is 2.00 bits per heavy atom. The number of aliphatic carboxylic acids is 1. The van der Waals surface area contributed by atoms with Crippen molar-refractivity contribution < 1.29 is 56.8 Å². The second-order valence-corrected chi connectivity index (χ2v) is 10.0. The topological polar surface area (TPSA) is 231 Å². The van der Waals surface area contributed by atoms with Crippen molar-refractivity contribution >= 4 is 37.6 Å². The van der Waals surface area contributed by atoms with Gasteiger partial charge in [0, 0.05) is 12.5 Å². The molecule has 0 aliphatic rings. The van der Waals surface area contributed by atoms with Crippen molar-refractivity contribution in [2.75, 3.05) is 37.8 Å². The number of nitrogens with zero attached hydrogens (tertiary/aromatic N) is 2. The number of nitrogens with two attached hydrogens (primary N) is 2. The molecule has 5 N–H and O–H groups in total. The van der Waals surface area contributed by atoms with Gasteiger partial charge in [-0.15, -0.1) is 0 Å². The van der Waals surface area contributed by atoms with Crippen molar-refractivity contribution in [3.63, 3.8) is 0 Å². The number of carboxylic acids is 1. The molecule has 214 valence electrons. The molecule has 16 nitrogen and oxygen atoms in total. The molecule has 0 aliphatic heterocycles. The van der Waals surface area contributed by atoms with Crippen LogP contribution < -0.4 is 16.2 Å². The summed E-state index contributed by atoms with van der Waals surface area (Å²) in [6, 6.07) is 1.31. The van der Waals surface area contributed by atoms with E-state index in [-0.39, 0.29) is 37.1 Å². The molecule has 0 fully saturated rings. The van der Waals surface area contributed by atoms with Gasteiger partial charge in [0.1, 0.15) is 12.4 Å². The summed E-state index contributed by atoms with van der Waals surface area (Å²) in [5.41, 5.74) is 11.5. The van der Waals surface area contributed by atoms with E-state index in [2.05, 4.69) is 9.97 Å². The molecule has 0 aliphatic carbocycles. The molecule has 0 amide bonds. The number of ether oxygens (including phenoxy) is 5. The lowest BCUT2D eigenvalue weighted by Gasteiger charge is -2.18. The molecule has 0 bridgehead atoms. The summed E-state index contributed by atoms with van der Waals surface area (Å²) in [7, 11) is -4.12. The average Bonchev–Trinajstić information content (AvgIpc) is 2.76. The highest BCUT2D eigenvalue weighted by Crippen LogP contribution is 2.48. The molecule has 0 radical (unpaired) electrons. The second-order valence-electron chi connectivity index (χ2n) is 7.94. The number of rotatable bonds is 16. The van der Waals surface area contributed by atoms with Crippen LogP contribution in [0.2, 0.25) is 0 Å². The summed E-state index contributed by atoms with van der Waals surface area (Å²) in [5.74, 6) is -1.13. The third-order valence-electron chi connectivity index (χ3n) is 3.92. The van der Waals surface area contributed by atoms with Gasteiger partial charge in [-0.05, 0) is 39.7 Å². The third kappa shape index (κ3) is 14.8. The summed E-state index contributed by atoms with van der Waals surface area (Å²) < 4.78 is 48.1.